The molecule has 0 bridgehead atoms. The number of nitrogens with zero attached hydrogens (tertiary/aromatic N) is 1. The first kappa shape index (κ1) is 10.4. The topological polar surface area (TPSA) is 82.0 Å². The summed E-state index contributed by atoms with van der Waals surface area (Å²) >= 11 is 0. The average molecular weight is 167 g/mol. The van der Waals surface area contributed by atoms with Crippen LogP contribution in [-0.4, -0.2) is 10.9 Å². The van der Waals surface area contributed by atoms with Crippen LogP contribution in [0.3, 0.4) is 0 Å². The van der Waals surface area contributed by atoms with Crippen molar-refractivity contribution < 1.29 is 4.79 Å². The van der Waals surface area contributed by atoms with Crippen LogP contribution in [0.1, 0.15) is 24.2 Å². The van der Waals surface area contributed by atoms with Crippen molar-refractivity contribution in [2.45, 2.75) is 13.8 Å². The summed E-state index contributed by atoms with van der Waals surface area (Å²) in [5, 5.41) is 0. The van der Waals surface area contributed by atoms with Gasteiger partial charge in [-0.15, -0.1) is 0 Å². The Morgan fingerprint density at radius 1 is 1.42 bits per heavy atom. The summed E-state index contributed by atoms with van der Waals surface area (Å²) in [6, 6.07) is 3.06. The maximum atomic E-state index is 10.5. The lowest BCUT2D eigenvalue weighted by Crippen LogP contribution is -2.11. The van der Waals surface area contributed by atoms with Gasteiger partial charge in [0, 0.05) is 6.20 Å². The SMILES string of the molecule is CC.NC(=O)c1ccc(N)nc1. The standard InChI is InChI=1S/C6H7N3O.C2H6/c7-5-2-1-4(3-9-5)6(8)10;1-2/h1-3H,(H2,7,9)(H2,8,10);1-2H3. The first-order valence-electron chi connectivity index (χ1n) is 3.71. The predicted octanol–water partition coefficient (Wildman–Crippen LogP) is 0.789. The number of carbonyl (C=O) groups is 1. The van der Waals surface area contributed by atoms with Gasteiger partial charge in [0.1, 0.15) is 5.82 Å². The van der Waals surface area contributed by atoms with Crippen molar-refractivity contribution in [2.24, 2.45) is 5.73 Å². The third kappa shape index (κ3) is 3.01. The fourth-order valence-corrected chi connectivity index (χ4v) is 0.551. The van der Waals surface area contributed by atoms with Gasteiger partial charge in [0.25, 0.3) is 0 Å². The zero-order valence-electron chi connectivity index (χ0n) is 7.24. The van der Waals surface area contributed by atoms with E-state index in [-0.39, 0.29) is 0 Å². The monoisotopic (exact) mass is 167 g/mol. The molecule has 0 saturated heterocycles. The first-order chi connectivity index (χ1) is 5.70. The second-order valence-electron chi connectivity index (χ2n) is 1.84. The zero-order chi connectivity index (χ0) is 9.56. The Morgan fingerprint density at radius 3 is 2.33 bits per heavy atom. The third-order valence-electron chi connectivity index (χ3n) is 1.07. The molecule has 1 aromatic rings. The number of rotatable bonds is 1. The molecule has 1 heterocycles. The van der Waals surface area contributed by atoms with Gasteiger partial charge in [-0.3, -0.25) is 4.79 Å². The Hall–Kier alpha value is -1.58. The Balaban J connectivity index is 0.000000561. The van der Waals surface area contributed by atoms with Crippen molar-refractivity contribution in [1.82, 2.24) is 4.98 Å². The van der Waals surface area contributed by atoms with E-state index in [1.54, 1.807) is 0 Å². The molecule has 0 aliphatic rings. The van der Waals surface area contributed by atoms with Crippen LogP contribution in [0.2, 0.25) is 0 Å². The van der Waals surface area contributed by atoms with Gasteiger partial charge in [0.05, 0.1) is 5.56 Å². The molecule has 66 valence electrons. The highest BCUT2D eigenvalue weighted by Gasteiger charge is 1.97. The molecule has 0 fully saturated rings. The number of primary amides is 1. The molecule has 0 atom stereocenters. The van der Waals surface area contributed by atoms with Crippen LogP contribution in [0.25, 0.3) is 0 Å². The molecule has 0 aliphatic heterocycles. The van der Waals surface area contributed by atoms with Crippen molar-refractivity contribution in [1.29, 1.82) is 0 Å². The molecule has 1 amide bonds. The van der Waals surface area contributed by atoms with Crippen LogP contribution in [0, 0.1) is 0 Å². The fraction of sp³-hybridized carbons (Fsp3) is 0.250. The highest BCUT2D eigenvalue weighted by atomic mass is 16.1. The Bertz CT molecular complexity index is 243. The summed E-state index contributed by atoms with van der Waals surface area (Å²) in [5.41, 5.74) is 10.6. The van der Waals surface area contributed by atoms with Crippen LogP contribution < -0.4 is 11.5 Å². The van der Waals surface area contributed by atoms with Gasteiger partial charge in [-0.05, 0) is 12.1 Å². The van der Waals surface area contributed by atoms with Crippen molar-refractivity contribution in [3.05, 3.63) is 23.9 Å². The molecule has 0 saturated carbocycles. The summed E-state index contributed by atoms with van der Waals surface area (Å²) in [6.07, 6.45) is 1.34. The molecule has 0 radical (unpaired) electrons. The molecule has 0 unspecified atom stereocenters. The van der Waals surface area contributed by atoms with E-state index in [1.807, 2.05) is 13.8 Å². The van der Waals surface area contributed by atoms with E-state index < -0.39 is 5.91 Å². The van der Waals surface area contributed by atoms with Gasteiger partial charge in [-0.2, -0.15) is 0 Å². The van der Waals surface area contributed by atoms with E-state index in [9.17, 15) is 4.79 Å². The lowest BCUT2D eigenvalue weighted by atomic mass is 10.3. The predicted molar refractivity (Wildman–Crippen MR) is 48.5 cm³/mol. The summed E-state index contributed by atoms with van der Waals surface area (Å²) in [5.74, 6) is -0.113. The smallest absolute Gasteiger partial charge is 0.250 e. The minimum absolute atomic E-state index is 0.370. The van der Waals surface area contributed by atoms with E-state index >= 15 is 0 Å². The molecule has 4 heteroatoms. The summed E-state index contributed by atoms with van der Waals surface area (Å²) < 4.78 is 0. The fourth-order valence-electron chi connectivity index (χ4n) is 0.551. The minimum Gasteiger partial charge on any atom is -0.384 e. The number of nitrogen functional groups attached to an aromatic ring is 1. The summed E-state index contributed by atoms with van der Waals surface area (Å²) in [4.78, 5) is 14.1. The number of amides is 1. The van der Waals surface area contributed by atoms with Gasteiger partial charge < -0.3 is 11.5 Å². The first-order valence-corrected chi connectivity index (χ1v) is 3.71. The molecule has 1 rings (SSSR count). The maximum Gasteiger partial charge on any atom is 0.250 e. The Morgan fingerprint density at radius 2 is 2.00 bits per heavy atom. The number of aromatic nitrogens is 1. The largest absolute Gasteiger partial charge is 0.384 e. The van der Waals surface area contributed by atoms with E-state index in [4.69, 9.17) is 11.5 Å². The van der Waals surface area contributed by atoms with Crippen LogP contribution >= 0.6 is 0 Å². The molecule has 12 heavy (non-hydrogen) atoms. The number of pyridine rings is 1. The van der Waals surface area contributed by atoms with E-state index in [1.165, 1.54) is 18.3 Å². The van der Waals surface area contributed by atoms with Crippen LogP contribution in [-0.2, 0) is 0 Å². The number of carbonyl (C=O) groups excluding carboxylic acids is 1. The van der Waals surface area contributed by atoms with Gasteiger partial charge in [-0.25, -0.2) is 4.98 Å². The van der Waals surface area contributed by atoms with Gasteiger partial charge >= 0.3 is 0 Å². The normalized spacial score (nSPS) is 8.17. The molecular formula is C8H13N3O. The van der Waals surface area contributed by atoms with Crippen molar-refractivity contribution in [2.75, 3.05) is 5.73 Å². The summed E-state index contributed by atoms with van der Waals surface area (Å²) in [7, 11) is 0. The Kier molecular flexibility index (Phi) is 4.45. The number of hydrogen-bond acceptors (Lipinski definition) is 3. The molecule has 0 aliphatic carbocycles. The van der Waals surface area contributed by atoms with Gasteiger partial charge in [-0.1, -0.05) is 13.8 Å². The lowest BCUT2D eigenvalue weighted by Gasteiger charge is -1.93. The van der Waals surface area contributed by atoms with E-state index in [0.29, 0.717) is 11.4 Å². The molecular weight excluding hydrogens is 154 g/mol. The molecule has 4 N–H and O–H groups in total. The second kappa shape index (κ2) is 5.12. The van der Waals surface area contributed by atoms with Crippen LogP contribution in [0.15, 0.2) is 18.3 Å². The van der Waals surface area contributed by atoms with Crippen molar-refractivity contribution >= 4 is 11.7 Å². The van der Waals surface area contributed by atoms with Crippen molar-refractivity contribution in [3.63, 3.8) is 0 Å². The van der Waals surface area contributed by atoms with Crippen LogP contribution in [0.5, 0.6) is 0 Å². The highest BCUT2D eigenvalue weighted by molar-refractivity contribution is 5.92. The molecule has 0 aromatic carbocycles. The maximum absolute atomic E-state index is 10.5. The van der Waals surface area contributed by atoms with Gasteiger partial charge in [0.15, 0.2) is 0 Å². The van der Waals surface area contributed by atoms with E-state index in [0.717, 1.165) is 0 Å². The summed E-state index contributed by atoms with van der Waals surface area (Å²) in [6.45, 7) is 4.00. The third-order valence-corrected chi connectivity index (χ3v) is 1.07. The number of hydrogen-bond donors (Lipinski definition) is 2. The molecule has 4 nitrogen and oxygen atoms in total. The van der Waals surface area contributed by atoms with E-state index in [2.05, 4.69) is 4.98 Å². The second-order valence-corrected chi connectivity index (χ2v) is 1.84. The quantitative estimate of drug-likeness (QED) is 0.648. The van der Waals surface area contributed by atoms with Crippen LogP contribution in [0.4, 0.5) is 5.82 Å². The molecule has 1 aromatic heterocycles. The highest BCUT2D eigenvalue weighted by Crippen LogP contribution is 1.98. The average Bonchev–Trinajstić information content (AvgIpc) is 2.09. The lowest BCUT2D eigenvalue weighted by molar-refractivity contribution is 0.1000. The van der Waals surface area contributed by atoms with Crippen molar-refractivity contribution in [3.8, 4) is 0 Å². The number of anilines is 1. The van der Waals surface area contributed by atoms with Gasteiger partial charge in [0.2, 0.25) is 5.91 Å². The minimum atomic E-state index is -0.493. The Labute approximate surface area is 71.6 Å². The number of nitrogens with two attached hydrogens (primary N) is 2. The zero-order valence-corrected chi connectivity index (χ0v) is 7.24. The molecule has 0 spiro atoms.